The van der Waals surface area contributed by atoms with Gasteiger partial charge in [-0.2, -0.15) is 4.31 Å². The van der Waals surface area contributed by atoms with Crippen molar-refractivity contribution in [1.82, 2.24) is 9.62 Å². The number of hydrogen-bond acceptors (Lipinski definition) is 3. The highest BCUT2D eigenvalue weighted by atomic mass is 32.2. The second-order valence-electron chi connectivity index (χ2n) is 9.91. The van der Waals surface area contributed by atoms with Crippen molar-refractivity contribution in [1.29, 1.82) is 0 Å². The number of benzene rings is 1. The fourth-order valence-corrected chi connectivity index (χ4v) is 8.12. The van der Waals surface area contributed by atoms with Gasteiger partial charge in [-0.25, -0.2) is 12.8 Å². The number of fused-ring (bicyclic) bond motifs is 2. The topological polar surface area (TPSA) is 66.5 Å². The summed E-state index contributed by atoms with van der Waals surface area (Å²) in [5.74, 6) is 2.79. The van der Waals surface area contributed by atoms with E-state index in [4.69, 9.17) is 0 Å². The van der Waals surface area contributed by atoms with Gasteiger partial charge in [-0.15, -0.1) is 0 Å². The van der Waals surface area contributed by atoms with Crippen molar-refractivity contribution in [3.05, 3.63) is 30.1 Å². The number of nitrogens with one attached hydrogen (secondary N) is 1. The van der Waals surface area contributed by atoms with Crippen molar-refractivity contribution in [3.63, 3.8) is 0 Å². The van der Waals surface area contributed by atoms with Crippen molar-refractivity contribution in [2.45, 2.75) is 62.3 Å². The van der Waals surface area contributed by atoms with Crippen LogP contribution in [0.4, 0.5) is 4.39 Å². The highest BCUT2D eigenvalue weighted by molar-refractivity contribution is 7.89. The minimum Gasteiger partial charge on any atom is -0.353 e. The van der Waals surface area contributed by atoms with E-state index in [9.17, 15) is 17.6 Å². The van der Waals surface area contributed by atoms with Gasteiger partial charge in [-0.05, 0) is 99.3 Å². The monoisotopic (exact) mass is 434 g/mol. The third-order valence-electron chi connectivity index (χ3n) is 8.20. The van der Waals surface area contributed by atoms with E-state index in [2.05, 4.69) is 5.32 Å². The van der Waals surface area contributed by atoms with E-state index in [-0.39, 0.29) is 16.7 Å². The predicted octanol–water partition coefficient (Wildman–Crippen LogP) is 3.56. The van der Waals surface area contributed by atoms with E-state index in [1.807, 2.05) is 0 Å². The Hall–Kier alpha value is -1.47. The Morgan fingerprint density at radius 1 is 0.900 bits per heavy atom. The van der Waals surface area contributed by atoms with Gasteiger partial charge < -0.3 is 5.32 Å². The van der Waals surface area contributed by atoms with Crippen LogP contribution < -0.4 is 5.32 Å². The standard InChI is InChI=1S/C23H31FN2O3S/c24-20-2-4-21(5-3-20)30(28,29)26-9-7-16(8-10-26)23(27)25-22-6-1-17-11-15-12-18(17)14-19(22)13-15/h2-5,15-19,22H,1,6-14H2,(H,25,27). The Kier molecular flexibility index (Phi) is 5.38. The maximum absolute atomic E-state index is 13.1. The zero-order chi connectivity index (χ0) is 20.9. The molecule has 5 rings (SSSR count). The van der Waals surface area contributed by atoms with Crippen LogP contribution in [0.15, 0.2) is 29.2 Å². The number of rotatable bonds is 4. The molecule has 1 amide bonds. The van der Waals surface area contributed by atoms with Crippen molar-refractivity contribution < 1.29 is 17.6 Å². The summed E-state index contributed by atoms with van der Waals surface area (Å²) in [7, 11) is -3.64. The number of sulfonamides is 1. The lowest BCUT2D eigenvalue weighted by atomic mass is 9.77. The fourth-order valence-electron chi connectivity index (χ4n) is 6.65. The minimum absolute atomic E-state index is 0.107. The van der Waals surface area contributed by atoms with E-state index in [0.717, 1.165) is 24.2 Å². The average molecular weight is 435 g/mol. The van der Waals surface area contributed by atoms with Crippen molar-refractivity contribution in [3.8, 4) is 0 Å². The van der Waals surface area contributed by atoms with Crippen molar-refractivity contribution in [2.24, 2.45) is 29.6 Å². The fraction of sp³-hybridized carbons (Fsp3) is 0.696. The number of amides is 1. The molecule has 4 fully saturated rings. The van der Waals surface area contributed by atoms with Gasteiger partial charge in [0.1, 0.15) is 5.82 Å². The van der Waals surface area contributed by atoms with Crippen LogP contribution in [0.5, 0.6) is 0 Å². The first-order valence-corrected chi connectivity index (χ1v) is 12.9. The van der Waals surface area contributed by atoms with Gasteiger partial charge in [-0.1, -0.05) is 0 Å². The molecule has 3 aliphatic carbocycles. The summed E-state index contributed by atoms with van der Waals surface area (Å²) < 4.78 is 40.1. The molecular weight excluding hydrogens is 403 g/mol. The minimum atomic E-state index is -3.64. The Balaban J connectivity index is 1.18. The molecule has 1 N–H and O–H groups in total. The van der Waals surface area contributed by atoms with Crippen LogP contribution in [0.25, 0.3) is 0 Å². The number of nitrogens with zero attached hydrogens (tertiary/aromatic N) is 1. The van der Waals surface area contributed by atoms with Crippen molar-refractivity contribution >= 4 is 15.9 Å². The maximum Gasteiger partial charge on any atom is 0.243 e. The molecule has 1 heterocycles. The Morgan fingerprint density at radius 2 is 1.57 bits per heavy atom. The molecule has 0 aromatic heterocycles. The van der Waals surface area contributed by atoms with Crippen LogP contribution in [-0.4, -0.2) is 37.8 Å². The van der Waals surface area contributed by atoms with Crippen LogP contribution in [0.3, 0.4) is 0 Å². The molecule has 164 valence electrons. The number of piperidine rings is 1. The highest BCUT2D eigenvalue weighted by Crippen LogP contribution is 2.53. The second-order valence-corrected chi connectivity index (χ2v) is 11.9. The molecule has 3 bridgehead atoms. The van der Waals surface area contributed by atoms with Gasteiger partial charge in [-0.3, -0.25) is 4.79 Å². The molecule has 0 radical (unpaired) electrons. The summed E-state index contributed by atoms with van der Waals surface area (Å²) >= 11 is 0. The molecule has 5 unspecified atom stereocenters. The highest BCUT2D eigenvalue weighted by Gasteiger charge is 2.46. The Morgan fingerprint density at radius 3 is 2.30 bits per heavy atom. The molecule has 1 aliphatic heterocycles. The van der Waals surface area contributed by atoms with Gasteiger partial charge in [0.05, 0.1) is 4.90 Å². The number of halogens is 1. The summed E-state index contributed by atoms with van der Waals surface area (Å²) in [6.07, 6.45) is 8.78. The van der Waals surface area contributed by atoms with Crippen LogP contribution in [0.1, 0.15) is 51.4 Å². The molecule has 1 saturated heterocycles. The summed E-state index contributed by atoms with van der Waals surface area (Å²) in [4.78, 5) is 13.1. The lowest BCUT2D eigenvalue weighted by molar-refractivity contribution is -0.127. The van der Waals surface area contributed by atoms with Gasteiger partial charge in [0.15, 0.2) is 0 Å². The molecule has 1 aromatic rings. The largest absolute Gasteiger partial charge is 0.353 e. The quantitative estimate of drug-likeness (QED) is 0.788. The first-order chi connectivity index (χ1) is 14.4. The van der Waals surface area contributed by atoms with Crippen LogP contribution in [-0.2, 0) is 14.8 Å². The molecule has 0 spiro atoms. The van der Waals surface area contributed by atoms with Crippen LogP contribution >= 0.6 is 0 Å². The number of carbonyl (C=O) groups excluding carboxylic acids is 1. The van der Waals surface area contributed by atoms with E-state index in [1.54, 1.807) is 0 Å². The van der Waals surface area contributed by atoms with Gasteiger partial charge >= 0.3 is 0 Å². The molecule has 1 aromatic carbocycles. The zero-order valence-corrected chi connectivity index (χ0v) is 18.1. The molecule has 5 atom stereocenters. The lowest BCUT2D eigenvalue weighted by Gasteiger charge is -2.35. The van der Waals surface area contributed by atoms with E-state index >= 15 is 0 Å². The number of carbonyl (C=O) groups is 1. The van der Waals surface area contributed by atoms with Crippen molar-refractivity contribution in [2.75, 3.05) is 13.1 Å². The van der Waals surface area contributed by atoms with E-state index in [1.165, 1.54) is 60.7 Å². The molecule has 7 heteroatoms. The molecule has 4 aliphatic rings. The SMILES string of the molecule is O=C(NC1CCC2CC3CC2CC1C3)C1CCN(S(=O)(=O)c2ccc(F)cc2)CC1. The molecule has 3 saturated carbocycles. The Bertz CT molecular complexity index is 896. The summed E-state index contributed by atoms with van der Waals surface area (Å²) in [6.45, 7) is 0.663. The molecule has 5 nitrogen and oxygen atoms in total. The molecular formula is C23H31FN2O3S. The smallest absolute Gasteiger partial charge is 0.243 e. The first kappa shape index (κ1) is 20.4. The maximum atomic E-state index is 13.1. The zero-order valence-electron chi connectivity index (χ0n) is 17.3. The normalized spacial score (nSPS) is 34.6. The third kappa shape index (κ3) is 3.79. The summed E-state index contributed by atoms with van der Waals surface area (Å²) in [5, 5.41) is 3.37. The lowest BCUT2D eigenvalue weighted by Crippen LogP contribution is -2.47. The molecule has 30 heavy (non-hydrogen) atoms. The third-order valence-corrected chi connectivity index (χ3v) is 10.1. The summed E-state index contributed by atoms with van der Waals surface area (Å²) in [6, 6.07) is 5.24. The van der Waals surface area contributed by atoms with Gasteiger partial charge in [0.25, 0.3) is 0 Å². The second kappa shape index (κ2) is 7.90. The van der Waals surface area contributed by atoms with Crippen LogP contribution in [0.2, 0.25) is 0 Å². The predicted molar refractivity (Wildman–Crippen MR) is 111 cm³/mol. The average Bonchev–Trinajstić information content (AvgIpc) is 2.97. The number of hydrogen-bond donors (Lipinski definition) is 1. The van der Waals surface area contributed by atoms with E-state index < -0.39 is 15.8 Å². The van der Waals surface area contributed by atoms with Gasteiger partial charge in [0.2, 0.25) is 15.9 Å². The van der Waals surface area contributed by atoms with Gasteiger partial charge in [0, 0.05) is 25.0 Å². The van der Waals surface area contributed by atoms with E-state index in [0.29, 0.717) is 37.9 Å². The van der Waals surface area contributed by atoms with Crippen LogP contribution in [0, 0.1) is 35.4 Å². The Labute approximate surface area is 178 Å². The summed E-state index contributed by atoms with van der Waals surface area (Å²) in [5.41, 5.74) is 0. The first-order valence-electron chi connectivity index (χ1n) is 11.5.